The van der Waals surface area contributed by atoms with Crippen LogP contribution in [-0.4, -0.2) is 36.9 Å². The van der Waals surface area contributed by atoms with Crippen LogP contribution in [0.5, 0.6) is 0 Å². The fourth-order valence-corrected chi connectivity index (χ4v) is 4.05. The first kappa shape index (κ1) is 17.4. The Hall–Kier alpha value is -1.97. The van der Waals surface area contributed by atoms with Crippen molar-refractivity contribution in [3.63, 3.8) is 0 Å². The molecule has 2 fully saturated rings. The molecule has 0 radical (unpaired) electrons. The Morgan fingerprint density at radius 1 is 1.00 bits per heavy atom. The van der Waals surface area contributed by atoms with E-state index >= 15 is 0 Å². The van der Waals surface area contributed by atoms with E-state index in [1.807, 2.05) is 12.1 Å². The predicted molar refractivity (Wildman–Crippen MR) is 106 cm³/mol. The first-order valence-corrected chi connectivity index (χ1v) is 9.76. The maximum absolute atomic E-state index is 12.6. The normalized spacial score (nSPS) is 23.8. The number of piperidine rings is 1. The third kappa shape index (κ3) is 3.89. The van der Waals surface area contributed by atoms with E-state index in [1.54, 1.807) is 0 Å². The molecule has 1 heterocycles. The van der Waals surface area contributed by atoms with Crippen LogP contribution in [-0.2, 0) is 6.42 Å². The molecule has 136 valence electrons. The first-order valence-electron chi connectivity index (χ1n) is 9.76. The molecule has 2 aromatic carbocycles. The SMILES string of the molecule is CN1CCC(c2ccc(C(=O)Cc3ccc([C@@H]4C[C@H]4N)cc3)cc2)CC1. The molecular formula is C23H28N2O. The molecule has 0 aromatic heterocycles. The quantitative estimate of drug-likeness (QED) is 0.838. The van der Waals surface area contributed by atoms with Crippen molar-refractivity contribution in [2.75, 3.05) is 20.1 Å². The summed E-state index contributed by atoms with van der Waals surface area (Å²) in [5.74, 6) is 1.35. The molecule has 0 amide bonds. The number of ketones is 1. The van der Waals surface area contributed by atoms with Crippen molar-refractivity contribution in [2.24, 2.45) is 5.73 Å². The van der Waals surface area contributed by atoms with Crippen LogP contribution in [0, 0.1) is 0 Å². The van der Waals surface area contributed by atoms with Crippen LogP contribution >= 0.6 is 0 Å². The number of Topliss-reactive ketones (excluding diaryl/α,β-unsaturated/α-hetero) is 1. The Bertz CT molecular complexity index is 758. The number of hydrogen-bond donors (Lipinski definition) is 1. The van der Waals surface area contributed by atoms with Gasteiger partial charge in [-0.15, -0.1) is 0 Å². The summed E-state index contributed by atoms with van der Waals surface area (Å²) < 4.78 is 0. The van der Waals surface area contributed by atoms with E-state index in [1.165, 1.54) is 24.0 Å². The summed E-state index contributed by atoms with van der Waals surface area (Å²) in [5, 5.41) is 0. The summed E-state index contributed by atoms with van der Waals surface area (Å²) in [4.78, 5) is 15.0. The lowest BCUT2D eigenvalue weighted by atomic mass is 9.88. The van der Waals surface area contributed by atoms with E-state index in [0.717, 1.165) is 30.6 Å². The van der Waals surface area contributed by atoms with Crippen molar-refractivity contribution >= 4 is 5.78 Å². The van der Waals surface area contributed by atoms with Crippen molar-refractivity contribution in [3.05, 3.63) is 70.8 Å². The van der Waals surface area contributed by atoms with E-state index in [-0.39, 0.29) is 5.78 Å². The Balaban J connectivity index is 1.37. The standard InChI is InChI=1S/C23H28N2O/c1-25-12-10-18(11-13-25)17-6-8-20(9-7-17)23(26)14-16-2-4-19(5-3-16)21-15-22(21)24/h2-9,18,21-22H,10-15,24H2,1H3/t21-,22+/m0/s1. The van der Waals surface area contributed by atoms with Gasteiger partial charge in [0, 0.05) is 23.9 Å². The van der Waals surface area contributed by atoms with Gasteiger partial charge < -0.3 is 10.6 Å². The maximum atomic E-state index is 12.6. The Morgan fingerprint density at radius 3 is 2.15 bits per heavy atom. The summed E-state index contributed by atoms with van der Waals surface area (Å²) in [6.07, 6.45) is 3.97. The fraction of sp³-hybridized carbons (Fsp3) is 0.435. The molecule has 26 heavy (non-hydrogen) atoms. The van der Waals surface area contributed by atoms with Gasteiger partial charge in [0.05, 0.1) is 0 Å². The van der Waals surface area contributed by atoms with Crippen molar-refractivity contribution in [1.82, 2.24) is 4.90 Å². The molecule has 0 spiro atoms. The third-order valence-corrected chi connectivity index (χ3v) is 6.03. The van der Waals surface area contributed by atoms with Crippen molar-refractivity contribution < 1.29 is 4.79 Å². The van der Waals surface area contributed by atoms with Crippen LogP contribution in [0.3, 0.4) is 0 Å². The summed E-state index contributed by atoms with van der Waals surface area (Å²) >= 11 is 0. The van der Waals surface area contributed by atoms with Crippen LogP contribution in [0.2, 0.25) is 0 Å². The zero-order chi connectivity index (χ0) is 18.1. The molecule has 2 aliphatic rings. The molecule has 3 nitrogen and oxygen atoms in total. The van der Waals surface area contributed by atoms with Gasteiger partial charge in [0.25, 0.3) is 0 Å². The summed E-state index contributed by atoms with van der Waals surface area (Å²) in [7, 11) is 2.18. The minimum absolute atomic E-state index is 0.191. The molecule has 2 atom stereocenters. The third-order valence-electron chi connectivity index (χ3n) is 6.03. The second-order valence-corrected chi connectivity index (χ2v) is 8.05. The molecule has 1 saturated carbocycles. The largest absolute Gasteiger partial charge is 0.327 e. The number of benzene rings is 2. The smallest absolute Gasteiger partial charge is 0.167 e. The lowest BCUT2D eigenvalue weighted by Gasteiger charge is -2.29. The average molecular weight is 348 g/mol. The van der Waals surface area contributed by atoms with E-state index < -0.39 is 0 Å². The van der Waals surface area contributed by atoms with Crippen molar-refractivity contribution in [3.8, 4) is 0 Å². The van der Waals surface area contributed by atoms with Gasteiger partial charge in [0.15, 0.2) is 5.78 Å². The average Bonchev–Trinajstić information content (AvgIpc) is 3.40. The molecule has 0 unspecified atom stereocenters. The molecule has 1 aliphatic carbocycles. The second-order valence-electron chi connectivity index (χ2n) is 8.05. The lowest BCUT2D eigenvalue weighted by molar-refractivity contribution is 0.0993. The number of nitrogens with zero attached hydrogens (tertiary/aromatic N) is 1. The molecule has 2 N–H and O–H groups in total. The van der Waals surface area contributed by atoms with Crippen molar-refractivity contribution in [2.45, 2.75) is 43.6 Å². The van der Waals surface area contributed by atoms with Crippen LogP contribution in [0.1, 0.15) is 58.1 Å². The highest BCUT2D eigenvalue weighted by Gasteiger charge is 2.34. The van der Waals surface area contributed by atoms with Crippen LogP contribution in [0.25, 0.3) is 0 Å². The van der Waals surface area contributed by atoms with Gasteiger partial charge in [0.1, 0.15) is 0 Å². The number of nitrogens with two attached hydrogens (primary N) is 1. The zero-order valence-corrected chi connectivity index (χ0v) is 15.5. The van der Waals surface area contributed by atoms with E-state index in [2.05, 4.69) is 48.3 Å². The number of rotatable bonds is 5. The molecular weight excluding hydrogens is 320 g/mol. The number of carbonyl (C=O) groups is 1. The topological polar surface area (TPSA) is 46.3 Å². The maximum Gasteiger partial charge on any atom is 0.167 e. The molecule has 2 aromatic rings. The Morgan fingerprint density at radius 2 is 1.58 bits per heavy atom. The van der Waals surface area contributed by atoms with Gasteiger partial charge in [-0.25, -0.2) is 0 Å². The molecule has 0 bridgehead atoms. The lowest BCUT2D eigenvalue weighted by Crippen LogP contribution is -2.29. The highest BCUT2D eigenvalue weighted by atomic mass is 16.1. The first-order chi connectivity index (χ1) is 12.6. The molecule has 1 aliphatic heterocycles. The van der Waals surface area contributed by atoms with Crippen LogP contribution in [0.4, 0.5) is 0 Å². The van der Waals surface area contributed by atoms with E-state index in [9.17, 15) is 4.79 Å². The van der Waals surface area contributed by atoms with Gasteiger partial charge in [-0.3, -0.25) is 4.79 Å². The van der Waals surface area contributed by atoms with Gasteiger partial charge in [-0.05, 0) is 62.0 Å². The minimum atomic E-state index is 0.191. The van der Waals surface area contributed by atoms with Gasteiger partial charge in [-0.2, -0.15) is 0 Å². The van der Waals surface area contributed by atoms with Gasteiger partial charge >= 0.3 is 0 Å². The monoisotopic (exact) mass is 348 g/mol. The highest BCUT2D eigenvalue weighted by Crippen LogP contribution is 2.38. The Kier molecular flexibility index (Phi) is 4.92. The summed E-state index contributed by atoms with van der Waals surface area (Å²) in [6, 6.07) is 17.1. The fourth-order valence-electron chi connectivity index (χ4n) is 4.05. The molecule has 4 rings (SSSR count). The Labute approximate surface area is 156 Å². The van der Waals surface area contributed by atoms with E-state index in [4.69, 9.17) is 5.73 Å². The summed E-state index contributed by atoms with van der Waals surface area (Å²) in [5.41, 5.74) is 10.5. The van der Waals surface area contributed by atoms with Gasteiger partial charge in [0.2, 0.25) is 0 Å². The number of carbonyl (C=O) groups excluding carboxylic acids is 1. The van der Waals surface area contributed by atoms with Crippen LogP contribution < -0.4 is 5.73 Å². The van der Waals surface area contributed by atoms with Crippen molar-refractivity contribution in [1.29, 1.82) is 0 Å². The molecule has 3 heteroatoms. The summed E-state index contributed by atoms with van der Waals surface area (Å²) in [6.45, 7) is 2.32. The van der Waals surface area contributed by atoms with Gasteiger partial charge in [-0.1, -0.05) is 48.5 Å². The van der Waals surface area contributed by atoms with Crippen LogP contribution in [0.15, 0.2) is 48.5 Å². The van der Waals surface area contributed by atoms with E-state index in [0.29, 0.717) is 24.3 Å². The predicted octanol–water partition coefficient (Wildman–Crippen LogP) is 3.74. The second kappa shape index (κ2) is 7.34. The highest BCUT2D eigenvalue weighted by molar-refractivity contribution is 5.97. The minimum Gasteiger partial charge on any atom is -0.327 e. The number of likely N-dealkylation sites (tertiary alicyclic amines) is 1. The number of hydrogen-bond acceptors (Lipinski definition) is 3. The molecule has 1 saturated heterocycles. The zero-order valence-electron chi connectivity index (χ0n) is 15.5.